The summed E-state index contributed by atoms with van der Waals surface area (Å²) in [6, 6.07) is 8.66. The molecule has 2 heterocycles. The van der Waals surface area contributed by atoms with Gasteiger partial charge in [0.05, 0.1) is 24.2 Å². The van der Waals surface area contributed by atoms with Gasteiger partial charge in [-0.15, -0.1) is 22.7 Å². The van der Waals surface area contributed by atoms with Gasteiger partial charge in [0.2, 0.25) is 10.0 Å². The van der Waals surface area contributed by atoms with E-state index in [1.165, 1.54) is 17.4 Å². The molecule has 0 spiro atoms. The van der Waals surface area contributed by atoms with Crippen molar-refractivity contribution in [3.63, 3.8) is 0 Å². The van der Waals surface area contributed by atoms with Crippen LogP contribution in [0.1, 0.15) is 5.69 Å². The van der Waals surface area contributed by atoms with Crippen molar-refractivity contribution >= 4 is 44.3 Å². The van der Waals surface area contributed by atoms with Crippen LogP contribution in [0.2, 0.25) is 4.34 Å². The molecule has 0 saturated heterocycles. The predicted molar refractivity (Wildman–Crippen MR) is 109 cm³/mol. The molecule has 6 nitrogen and oxygen atoms in total. The summed E-state index contributed by atoms with van der Waals surface area (Å²) in [5, 5.41) is 2.75. The highest BCUT2D eigenvalue weighted by molar-refractivity contribution is 7.91. The van der Waals surface area contributed by atoms with Crippen LogP contribution in [-0.2, 0) is 16.4 Å². The second kappa shape index (κ2) is 8.57. The lowest BCUT2D eigenvalue weighted by Crippen LogP contribution is -2.25. The Balaban J connectivity index is 1.65. The van der Waals surface area contributed by atoms with Gasteiger partial charge in [0.25, 0.3) is 0 Å². The summed E-state index contributed by atoms with van der Waals surface area (Å²) in [4.78, 5) is 4.58. The Morgan fingerprint density at radius 2 is 1.93 bits per heavy atom. The van der Waals surface area contributed by atoms with Crippen LogP contribution in [0.25, 0.3) is 10.6 Å². The second-order valence-electron chi connectivity index (χ2n) is 5.42. The summed E-state index contributed by atoms with van der Waals surface area (Å²) in [6.45, 7) is 0.257. The molecule has 3 rings (SSSR count). The number of thiazole rings is 1. The Bertz CT molecular complexity index is 1030. The third kappa shape index (κ3) is 4.80. The number of nitrogens with one attached hydrogen (secondary N) is 1. The molecular weight excluding hydrogens is 428 g/mol. The molecule has 144 valence electrons. The zero-order valence-corrected chi connectivity index (χ0v) is 17.8. The number of nitrogens with zero attached hydrogens (tertiary/aromatic N) is 1. The molecule has 0 radical (unpaired) electrons. The maximum atomic E-state index is 12.2. The fourth-order valence-corrected chi connectivity index (χ4v) is 5.76. The molecule has 0 amide bonds. The smallest absolute Gasteiger partial charge is 0.250 e. The number of rotatable bonds is 8. The minimum atomic E-state index is -3.54. The van der Waals surface area contributed by atoms with Crippen molar-refractivity contribution in [2.24, 2.45) is 0 Å². The molecule has 27 heavy (non-hydrogen) atoms. The lowest BCUT2D eigenvalue weighted by molar-refractivity contribution is 0.355. The number of benzene rings is 1. The average molecular weight is 445 g/mol. The first-order chi connectivity index (χ1) is 12.9. The number of methoxy groups -OCH3 is 2. The summed E-state index contributed by atoms with van der Waals surface area (Å²) in [5.74, 6) is 1.29. The number of hydrogen-bond donors (Lipinski definition) is 1. The Hall–Kier alpha value is -1.65. The lowest BCUT2D eigenvalue weighted by Gasteiger charge is -2.08. The van der Waals surface area contributed by atoms with E-state index in [1.807, 2.05) is 23.6 Å². The highest BCUT2D eigenvalue weighted by atomic mass is 35.5. The third-order valence-electron chi connectivity index (χ3n) is 3.67. The van der Waals surface area contributed by atoms with Gasteiger partial charge in [-0.1, -0.05) is 11.6 Å². The van der Waals surface area contributed by atoms with E-state index in [9.17, 15) is 8.42 Å². The first kappa shape index (κ1) is 20.1. The van der Waals surface area contributed by atoms with Gasteiger partial charge in [-0.05, 0) is 30.3 Å². The number of ether oxygens (including phenoxy) is 2. The fourth-order valence-electron chi connectivity index (χ4n) is 2.35. The van der Waals surface area contributed by atoms with E-state index in [0.717, 1.165) is 27.6 Å². The van der Waals surface area contributed by atoms with Crippen LogP contribution in [0.5, 0.6) is 11.5 Å². The van der Waals surface area contributed by atoms with Crippen LogP contribution in [0.3, 0.4) is 0 Å². The normalized spacial score (nSPS) is 11.5. The number of thiophene rings is 1. The molecule has 0 unspecified atom stereocenters. The van der Waals surface area contributed by atoms with Crippen LogP contribution < -0.4 is 14.2 Å². The van der Waals surface area contributed by atoms with Gasteiger partial charge in [0.15, 0.2) is 11.5 Å². The molecule has 0 aliphatic heterocycles. The SMILES string of the molecule is COc1ccc(-c2nc(CCNS(=O)(=O)c3ccc(Cl)s3)cs2)cc1OC. The van der Waals surface area contributed by atoms with Gasteiger partial charge >= 0.3 is 0 Å². The maximum Gasteiger partial charge on any atom is 0.250 e. The van der Waals surface area contributed by atoms with Crippen molar-refractivity contribution in [1.82, 2.24) is 9.71 Å². The summed E-state index contributed by atoms with van der Waals surface area (Å²) < 4.78 is 38.2. The Kier molecular flexibility index (Phi) is 6.38. The van der Waals surface area contributed by atoms with Crippen molar-refractivity contribution in [2.45, 2.75) is 10.6 Å². The Morgan fingerprint density at radius 1 is 1.15 bits per heavy atom. The van der Waals surface area contributed by atoms with Crippen LogP contribution in [0, 0.1) is 0 Å². The molecule has 10 heteroatoms. The molecule has 0 aliphatic carbocycles. The number of hydrogen-bond acceptors (Lipinski definition) is 7. The van der Waals surface area contributed by atoms with E-state index in [4.69, 9.17) is 21.1 Å². The molecular formula is C17H17ClN2O4S3. The third-order valence-corrected chi connectivity index (χ3v) is 7.79. The number of aromatic nitrogens is 1. The molecule has 1 N–H and O–H groups in total. The molecule has 3 aromatic rings. The van der Waals surface area contributed by atoms with Gasteiger partial charge in [0.1, 0.15) is 9.22 Å². The minimum Gasteiger partial charge on any atom is -0.493 e. The van der Waals surface area contributed by atoms with Gasteiger partial charge < -0.3 is 9.47 Å². The van der Waals surface area contributed by atoms with Gasteiger partial charge in [-0.2, -0.15) is 0 Å². The number of sulfonamides is 1. The van der Waals surface area contributed by atoms with Gasteiger partial charge in [0, 0.05) is 23.9 Å². The van der Waals surface area contributed by atoms with E-state index in [-0.39, 0.29) is 10.8 Å². The van der Waals surface area contributed by atoms with Gasteiger partial charge in [-0.3, -0.25) is 0 Å². The summed E-state index contributed by atoms with van der Waals surface area (Å²) in [7, 11) is -0.370. The lowest BCUT2D eigenvalue weighted by atomic mass is 10.2. The van der Waals surface area contributed by atoms with Gasteiger partial charge in [-0.25, -0.2) is 18.1 Å². The van der Waals surface area contributed by atoms with Crippen molar-refractivity contribution < 1.29 is 17.9 Å². The largest absolute Gasteiger partial charge is 0.493 e. The molecule has 0 aliphatic rings. The van der Waals surface area contributed by atoms with Crippen LogP contribution in [-0.4, -0.2) is 34.2 Å². The molecule has 0 saturated carbocycles. The van der Waals surface area contributed by atoms with Crippen molar-refractivity contribution in [3.05, 3.63) is 45.7 Å². The van der Waals surface area contributed by atoms with Crippen molar-refractivity contribution in [2.75, 3.05) is 20.8 Å². The highest BCUT2D eigenvalue weighted by Gasteiger charge is 2.16. The molecule has 1 aromatic carbocycles. The van der Waals surface area contributed by atoms with Crippen LogP contribution in [0.15, 0.2) is 39.9 Å². The topological polar surface area (TPSA) is 77.5 Å². The first-order valence-electron chi connectivity index (χ1n) is 7.85. The standard InChI is InChI=1S/C17H17ClN2O4S3/c1-23-13-4-3-11(9-14(13)24-2)17-20-12(10-25-17)7-8-19-27(21,22)16-6-5-15(18)26-16/h3-6,9-10,19H,7-8H2,1-2H3. The van der Waals surface area contributed by atoms with E-state index >= 15 is 0 Å². The first-order valence-corrected chi connectivity index (χ1v) is 11.4. The second-order valence-corrected chi connectivity index (χ2v) is 9.99. The summed E-state index contributed by atoms with van der Waals surface area (Å²) in [5.41, 5.74) is 1.73. The van der Waals surface area contributed by atoms with Crippen LogP contribution >= 0.6 is 34.3 Å². The fraction of sp³-hybridized carbons (Fsp3) is 0.235. The quantitative estimate of drug-likeness (QED) is 0.566. The molecule has 2 aromatic heterocycles. The Morgan fingerprint density at radius 3 is 2.59 bits per heavy atom. The average Bonchev–Trinajstić information content (AvgIpc) is 3.30. The predicted octanol–water partition coefficient (Wildman–Crippen LogP) is 4.06. The minimum absolute atomic E-state index is 0.205. The van der Waals surface area contributed by atoms with E-state index in [1.54, 1.807) is 20.3 Å². The van der Waals surface area contributed by atoms with Crippen molar-refractivity contribution in [1.29, 1.82) is 0 Å². The van der Waals surface area contributed by atoms with Crippen LogP contribution in [0.4, 0.5) is 0 Å². The number of halogens is 1. The van der Waals surface area contributed by atoms with E-state index < -0.39 is 10.0 Å². The molecule has 0 bridgehead atoms. The van der Waals surface area contributed by atoms with E-state index in [0.29, 0.717) is 22.3 Å². The monoisotopic (exact) mass is 444 g/mol. The highest BCUT2D eigenvalue weighted by Crippen LogP contribution is 2.33. The Labute approximate surface area is 170 Å². The molecule has 0 fully saturated rings. The zero-order valence-electron chi connectivity index (χ0n) is 14.6. The van der Waals surface area contributed by atoms with Crippen molar-refractivity contribution in [3.8, 4) is 22.1 Å². The summed E-state index contributed by atoms with van der Waals surface area (Å²) >= 11 is 8.32. The van der Waals surface area contributed by atoms with E-state index in [2.05, 4.69) is 9.71 Å². The summed E-state index contributed by atoms with van der Waals surface area (Å²) in [6.07, 6.45) is 0.488. The zero-order chi connectivity index (χ0) is 19.4. The molecule has 0 atom stereocenters. The maximum absolute atomic E-state index is 12.2.